The van der Waals surface area contributed by atoms with E-state index in [1.54, 1.807) is 0 Å². The number of anilines is 2. The Labute approximate surface area is 145 Å². The lowest BCUT2D eigenvalue weighted by atomic mass is 10.3. The van der Waals surface area contributed by atoms with E-state index >= 15 is 0 Å². The van der Waals surface area contributed by atoms with Crippen molar-refractivity contribution in [3.8, 4) is 0 Å². The quantitative estimate of drug-likeness (QED) is 0.557. The highest BCUT2D eigenvalue weighted by Gasteiger charge is 2.18. The van der Waals surface area contributed by atoms with E-state index in [2.05, 4.69) is 21.3 Å². The van der Waals surface area contributed by atoms with Crippen molar-refractivity contribution in [2.45, 2.75) is 19.8 Å². The average molecular weight is 337 g/mol. The summed E-state index contributed by atoms with van der Waals surface area (Å²) in [5.74, 6) is 1.21. The van der Waals surface area contributed by atoms with E-state index in [0.29, 0.717) is 5.96 Å². The number of guanidine groups is 1. The van der Waals surface area contributed by atoms with Crippen LogP contribution in [0.2, 0.25) is 0 Å². The van der Waals surface area contributed by atoms with Crippen molar-refractivity contribution in [1.82, 2.24) is 9.36 Å². The summed E-state index contributed by atoms with van der Waals surface area (Å²) in [6, 6.07) is 19.5. The van der Waals surface area contributed by atoms with E-state index in [9.17, 15) is 0 Å². The minimum Gasteiger partial charge on any atom is -0.369 e. The van der Waals surface area contributed by atoms with Crippen LogP contribution in [-0.2, 0) is 6.42 Å². The lowest BCUT2D eigenvalue weighted by Gasteiger charge is -2.20. The van der Waals surface area contributed by atoms with Gasteiger partial charge in [-0.3, -0.25) is 4.90 Å². The Kier molecular flexibility index (Phi) is 5.18. The van der Waals surface area contributed by atoms with Gasteiger partial charge in [0.05, 0.1) is 11.4 Å². The zero-order chi connectivity index (χ0) is 16.8. The summed E-state index contributed by atoms with van der Waals surface area (Å²) in [5.41, 5.74) is 8.02. The maximum atomic E-state index is 6.31. The number of hydrogen-bond acceptors (Lipinski definition) is 4. The molecule has 1 heterocycles. The van der Waals surface area contributed by atoms with Gasteiger partial charge in [-0.05, 0) is 30.7 Å². The molecular weight excluding hydrogens is 318 g/mol. The molecule has 0 atom stereocenters. The fourth-order valence-electron chi connectivity index (χ4n) is 2.26. The lowest BCUT2D eigenvalue weighted by Crippen LogP contribution is -2.33. The summed E-state index contributed by atoms with van der Waals surface area (Å²) < 4.78 is 4.42. The number of rotatable bonds is 5. The molecule has 3 rings (SSSR count). The fourth-order valence-corrected chi connectivity index (χ4v) is 3.01. The van der Waals surface area contributed by atoms with Crippen LogP contribution in [0.5, 0.6) is 0 Å². The summed E-state index contributed by atoms with van der Waals surface area (Å²) in [7, 11) is 0. The molecule has 0 aliphatic carbocycles. The molecule has 6 heteroatoms. The number of aliphatic imine (C=N–C) groups is 1. The van der Waals surface area contributed by atoms with Crippen LogP contribution in [0.1, 0.15) is 19.2 Å². The second-order valence-electron chi connectivity index (χ2n) is 5.22. The van der Waals surface area contributed by atoms with Gasteiger partial charge in [0.15, 0.2) is 0 Å². The number of benzene rings is 2. The summed E-state index contributed by atoms with van der Waals surface area (Å²) in [6.07, 6.45) is 1.87. The van der Waals surface area contributed by atoms with E-state index < -0.39 is 0 Å². The molecule has 0 aliphatic rings. The van der Waals surface area contributed by atoms with Crippen molar-refractivity contribution in [3.05, 3.63) is 66.5 Å². The van der Waals surface area contributed by atoms with Crippen molar-refractivity contribution in [3.63, 3.8) is 0 Å². The van der Waals surface area contributed by atoms with Gasteiger partial charge in [-0.2, -0.15) is 4.37 Å². The SMILES string of the molecule is CCCc1nsc(N(C(N)=Nc2ccccc2)c2ccccc2)n1. The molecule has 0 saturated heterocycles. The maximum absolute atomic E-state index is 6.31. The van der Waals surface area contributed by atoms with Gasteiger partial charge < -0.3 is 5.73 Å². The second-order valence-corrected chi connectivity index (χ2v) is 5.95. The van der Waals surface area contributed by atoms with Crippen molar-refractivity contribution >= 4 is 34.0 Å². The van der Waals surface area contributed by atoms with Gasteiger partial charge in [-0.1, -0.05) is 43.3 Å². The minimum atomic E-state index is 0.367. The molecule has 0 unspecified atom stereocenters. The normalized spacial score (nSPS) is 11.5. The smallest absolute Gasteiger partial charge is 0.216 e. The first-order valence-corrected chi connectivity index (χ1v) is 8.62. The molecule has 1 aromatic heterocycles. The van der Waals surface area contributed by atoms with Crippen molar-refractivity contribution in [2.24, 2.45) is 10.7 Å². The summed E-state index contributed by atoms with van der Waals surface area (Å²) >= 11 is 1.34. The van der Waals surface area contributed by atoms with Crippen LogP contribution in [0.3, 0.4) is 0 Å². The average Bonchev–Trinajstić information content (AvgIpc) is 3.05. The number of nitrogens with zero attached hydrogens (tertiary/aromatic N) is 4. The Hall–Kier alpha value is -2.73. The van der Waals surface area contributed by atoms with Crippen LogP contribution in [-0.4, -0.2) is 15.3 Å². The fraction of sp³-hybridized carbons (Fsp3) is 0.167. The molecule has 122 valence electrons. The minimum absolute atomic E-state index is 0.367. The van der Waals surface area contributed by atoms with E-state index in [4.69, 9.17) is 5.73 Å². The van der Waals surface area contributed by atoms with Crippen LogP contribution in [0.15, 0.2) is 65.7 Å². The molecule has 0 fully saturated rings. The van der Waals surface area contributed by atoms with Crippen molar-refractivity contribution < 1.29 is 0 Å². The summed E-state index contributed by atoms with van der Waals surface area (Å²) in [6.45, 7) is 2.11. The van der Waals surface area contributed by atoms with Crippen LogP contribution >= 0.6 is 11.5 Å². The van der Waals surface area contributed by atoms with Gasteiger partial charge in [0.25, 0.3) is 0 Å². The molecule has 0 bridgehead atoms. The third-order valence-electron chi connectivity index (χ3n) is 3.37. The number of aromatic nitrogens is 2. The second kappa shape index (κ2) is 7.70. The third-order valence-corrected chi connectivity index (χ3v) is 4.10. The standard InChI is InChI=1S/C18H19N5S/c1-2-9-16-21-18(24-22-16)23(15-12-7-4-8-13-15)17(19)20-14-10-5-3-6-11-14/h3-8,10-13H,2,9H2,1H3,(H2,19,20). The highest BCUT2D eigenvalue weighted by molar-refractivity contribution is 7.10. The van der Waals surface area contributed by atoms with E-state index in [1.807, 2.05) is 65.6 Å². The Morgan fingerprint density at radius 1 is 1.08 bits per heavy atom. The maximum Gasteiger partial charge on any atom is 0.216 e. The van der Waals surface area contributed by atoms with Crippen LogP contribution < -0.4 is 10.6 Å². The monoisotopic (exact) mass is 337 g/mol. The predicted molar refractivity (Wildman–Crippen MR) is 100 cm³/mol. The van der Waals surface area contributed by atoms with Gasteiger partial charge >= 0.3 is 0 Å². The Bertz CT molecular complexity index is 799. The summed E-state index contributed by atoms with van der Waals surface area (Å²) in [4.78, 5) is 11.0. The lowest BCUT2D eigenvalue weighted by molar-refractivity contribution is 0.861. The Morgan fingerprint density at radius 3 is 2.42 bits per heavy atom. The first-order chi connectivity index (χ1) is 11.8. The Morgan fingerprint density at radius 2 is 1.75 bits per heavy atom. The molecule has 2 aromatic carbocycles. The number of para-hydroxylation sites is 2. The van der Waals surface area contributed by atoms with E-state index in [-0.39, 0.29) is 0 Å². The molecule has 24 heavy (non-hydrogen) atoms. The number of hydrogen-bond donors (Lipinski definition) is 1. The van der Waals surface area contributed by atoms with Crippen LogP contribution in [0.4, 0.5) is 16.5 Å². The molecule has 0 saturated carbocycles. The van der Waals surface area contributed by atoms with Gasteiger partial charge in [0, 0.05) is 18.0 Å². The molecule has 3 aromatic rings. The first kappa shape index (κ1) is 16.1. The topological polar surface area (TPSA) is 67.4 Å². The molecule has 5 nitrogen and oxygen atoms in total. The molecule has 2 N–H and O–H groups in total. The van der Waals surface area contributed by atoms with Crippen molar-refractivity contribution in [1.29, 1.82) is 0 Å². The number of nitrogens with two attached hydrogens (primary N) is 1. The number of aryl methyl sites for hydroxylation is 1. The zero-order valence-corrected chi connectivity index (χ0v) is 14.3. The molecule has 0 radical (unpaired) electrons. The Balaban J connectivity index is 2.00. The van der Waals surface area contributed by atoms with Crippen LogP contribution in [0.25, 0.3) is 0 Å². The summed E-state index contributed by atoms with van der Waals surface area (Å²) in [5, 5.41) is 0.724. The molecule has 0 spiro atoms. The highest BCUT2D eigenvalue weighted by atomic mass is 32.1. The van der Waals surface area contributed by atoms with Crippen LogP contribution in [0, 0.1) is 0 Å². The molecule has 0 aliphatic heterocycles. The first-order valence-electron chi connectivity index (χ1n) is 7.85. The van der Waals surface area contributed by atoms with E-state index in [1.165, 1.54) is 11.5 Å². The molecule has 0 amide bonds. The zero-order valence-electron chi connectivity index (χ0n) is 13.5. The molecular formula is C18H19N5S. The van der Waals surface area contributed by atoms with E-state index in [0.717, 1.165) is 35.2 Å². The third kappa shape index (κ3) is 3.78. The largest absolute Gasteiger partial charge is 0.369 e. The van der Waals surface area contributed by atoms with Gasteiger partial charge in [-0.25, -0.2) is 9.98 Å². The van der Waals surface area contributed by atoms with Gasteiger partial charge in [-0.15, -0.1) is 0 Å². The van der Waals surface area contributed by atoms with Gasteiger partial charge in [0.2, 0.25) is 11.1 Å². The highest BCUT2D eigenvalue weighted by Crippen LogP contribution is 2.27. The van der Waals surface area contributed by atoms with Crippen molar-refractivity contribution in [2.75, 3.05) is 4.90 Å². The van der Waals surface area contributed by atoms with Gasteiger partial charge in [0.1, 0.15) is 5.82 Å². The predicted octanol–water partition coefficient (Wildman–Crippen LogP) is 4.28.